The van der Waals surface area contributed by atoms with E-state index in [-0.39, 0.29) is 5.95 Å². The van der Waals surface area contributed by atoms with Crippen molar-refractivity contribution in [2.24, 2.45) is 16.2 Å². The average molecular weight is 113 g/mol. The monoisotopic (exact) mass is 113 g/mol. The Hall–Kier alpha value is -1.53. The normalized spacial score (nSPS) is 10.5. The van der Waals surface area contributed by atoms with Crippen molar-refractivity contribution in [2.45, 2.75) is 0 Å². The Morgan fingerprint density at radius 2 is 2.50 bits per heavy atom. The number of nitrogens with two attached hydrogens (primary N) is 1. The number of hydrogen-bond acceptors (Lipinski definition) is 5. The van der Waals surface area contributed by atoms with Crippen molar-refractivity contribution >= 4 is 5.95 Å². The highest BCUT2D eigenvalue weighted by Crippen LogP contribution is 1.93. The van der Waals surface area contributed by atoms with Gasteiger partial charge in [0.2, 0.25) is 0 Å². The van der Waals surface area contributed by atoms with Crippen LogP contribution in [0.2, 0.25) is 0 Å². The lowest BCUT2D eigenvalue weighted by Crippen LogP contribution is -1.74. The molecule has 0 atom stereocenters. The molecular weight excluding hydrogens is 110 g/mol. The Morgan fingerprint density at radius 3 is 3.00 bits per heavy atom. The first-order chi connectivity index (χ1) is 3.93. The molecule has 0 aliphatic carbocycles. The lowest BCUT2D eigenvalue weighted by atomic mass is 11.1. The summed E-state index contributed by atoms with van der Waals surface area (Å²) in [4.78, 5) is 0. The van der Waals surface area contributed by atoms with Gasteiger partial charge in [-0.2, -0.15) is 5.21 Å². The standard InChI is InChI=1S/CH3N7/c2-6-3-1-4-7-8-5-1/h(H3,2,3,4,5,7,8). The van der Waals surface area contributed by atoms with Crippen molar-refractivity contribution in [1.29, 1.82) is 0 Å². The summed E-state index contributed by atoms with van der Waals surface area (Å²) >= 11 is 0. The van der Waals surface area contributed by atoms with Crippen LogP contribution in [0, 0.1) is 0 Å². The fourth-order valence-corrected chi connectivity index (χ4v) is 0.251. The maximum atomic E-state index is 4.66. The fraction of sp³-hybridized carbons (Fsp3) is 0. The molecule has 0 aromatic carbocycles. The molecule has 42 valence electrons. The van der Waals surface area contributed by atoms with Gasteiger partial charge in [-0.1, -0.05) is 15.4 Å². The van der Waals surface area contributed by atoms with Gasteiger partial charge in [0.05, 0.1) is 0 Å². The van der Waals surface area contributed by atoms with E-state index in [1.807, 2.05) is 0 Å². The van der Waals surface area contributed by atoms with Crippen molar-refractivity contribution < 1.29 is 0 Å². The summed E-state index contributed by atoms with van der Waals surface area (Å²) in [5.41, 5.74) is 0. The van der Waals surface area contributed by atoms with Crippen molar-refractivity contribution in [2.75, 3.05) is 0 Å². The van der Waals surface area contributed by atoms with Crippen LogP contribution in [0.4, 0.5) is 5.95 Å². The summed E-state index contributed by atoms with van der Waals surface area (Å²) in [5.74, 6) is 4.79. The summed E-state index contributed by atoms with van der Waals surface area (Å²) in [6.45, 7) is 0. The molecular formula is CH3N7. The maximum Gasteiger partial charge on any atom is 0.309 e. The highest BCUT2D eigenvalue weighted by molar-refractivity contribution is 5.03. The van der Waals surface area contributed by atoms with E-state index in [0.717, 1.165) is 0 Å². The first-order valence-electron chi connectivity index (χ1n) is 1.78. The molecule has 1 aromatic heterocycles. The molecule has 0 spiro atoms. The van der Waals surface area contributed by atoms with Gasteiger partial charge in [0.1, 0.15) is 0 Å². The van der Waals surface area contributed by atoms with Crippen molar-refractivity contribution in [1.82, 2.24) is 20.6 Å². The fourth-order valence-electron chi connectivity index (χ4n) is 0.251. The van der Waals surface area contributed by atoms with Crippen LogP contribution in [0.15, 0.2) is 10.3 Å². The molecule has 0 radical (unpaired) electrons. The van der Waals surface area contributed by atoms with E-state index in [1.54, 1.807) is 0 Å². The zero-order chi connectivity index (χ0) is 5.82. The molecule has 0 unspecified atom stereocenters. The molecule has 1 aromatic rings. The molecule has 8 heavy (non-hydrogen) atoms. The average Bonchev–Trinajstić information content (AvgIpc) is 2.19. The van der Waals surface area contributed by atoms with Gasteiger partial charge in [-0.05, 0) is 5.21 Å². The first-order valence-corrected chi connectivity index (χ1v) is 1.78. The molecule has 1 rings (SSSR count). The topological polar surface area (TPSA) is 105 Å². The molecule has 1 heterocycles. The summed E-state index contributed by atoms with van der Waals surface area (Å²) in [6, 6.07) is 0. The third-order valence-corrected chi connectivity index (χ3v) is 0.481. The second kappa shape index (κ2) is 1.96. The molecule has 7 nitrogen and oxygen atoms in total. The summed E-state index contributed by atoms with van der Waals surface area (Å²) in [7, 11) is 0. The van der Waals surface area contributed by atoms with E-state index in [4.69, 9.17) is 0 Å². The van der Waals surface area contributed by atoms with Crippen molar-refractivity contribution in [3.8, 4) is 0 Å². The Labute approximate surface area is 44.0 Å². The van der Waals surface area contributed by atoms with E-state index >= 15 is 0 Å². The van der Waals surface area contributed by atoms with Gasteiger partial charge < -0.3 is 5.84 Å². The minimum Gasteiger partial charge on any atom is -0.304 e. The molecule has 0 saturated heterocycles. The SMILES string of the molecule is NN=Nc1nn[nH]n1. The third kappa shape index (κ3) is 0.750. The Morgan fingerprint density at radius 1 is 1.62 bits per heavy atom. The lowest BCUT2D eigenvalue weighted by molar-refractivity contribution is 0.881. The highest BCUT2D eigenvalue weighted by Gasteiger charge is 1.88. The van der Waals surface area contributed by atoms with Crippen LogP contribution in [-0.2, 0) is 0 Å². The van der Waals surface area contributed by atoms with Crippen LogP contribution in [-0.4, -0.2) is 20.6 Å². The van der Waals surface area contributed by atoms with Gasteiger partial charge in [-0.3, -0.25) is 0 Å². The molecule has 0 aliphatic rings. The largest absolute Gasteiger partial charge is 0.309 e. The van der Waals surface area contributed by atoms with Crippen molar-refractivity contribution in [3.63, 3.8) is 0 Å². The number of aromatic amines is 1. The van der Waals surface area contributed by atoms with Gasteiger partial charge in [0.25, 0.3) is 0 Å². The van der Waals surface area contributed by atoms with Gasteiger partial charge in [-0.25, -0.2) is 0 Å². The lowest BCUT2D eigenvalue weighted by Gasteiger charge is -1.68. The molecule has 0 fully saturated rings. The van der Waals surface area contributed by atoms with E-state index in [1.165, 1.54) is 0 Å². The van der Waals surface area contributed by atoms with Gasteiger partial charge >= 0.3 is 5.95 Å². The number of rotatable bonds is 1. The molecule has 0 amide bonds. The molecule has 0 aliphatic heterocycles. The summed E-state index contributed by atoms with van der Waals surface area (Å²) in [6.07, 6.45) is 0. The van der Waals surface area contributed by atoms with Gasteiger partial charge in [0.15, 0.2) is 0 Å². The molecule has 3 N–H and O–H groups in total. The van der Waals surface area contributed by atoms with Crippen LogP contribution in [0.5, 0.6) is 0 Å². The Bertz CT molecular complexity index is 161. The third-order valence-electron chi connectivity index (χ3n) is 0.481. The van der Waals surface area contributed by atoms with Crippen LogP contribution < -0.4 is 5.84 Å². The Balaban J connectivity index is 2.77. The summed E-state index contributed by atoms with van der Waals surface area (Å²) < 4.78 is 0. The summed E-state index contributed by atoms with van der Waals surface area (Å²) in [5, 5.41) is 18.4. The minimum atomic E-state index is 0.132. The molecule has 7 heteroatoms. The quantitative estimate of drug-likeness (QED) is 0.281. The van der Waals surface area contributed by atoms with Gasteiger partial charge in [0, 0.05) is 0 Å². The number of aromatic nitrogens is 4. The number of hydrogen-bond donors (Lipinski definition) is 2. The van der Waals surface area contributed by atoms with E-state index in [9.17, 15) is 0 Å². The van der Waals surface area contributed by atoms with Crippen LogP contribution in [0.1, 0.15) is 0 Å². The second-order valence-electron chi connectivity index (χ2n) is 0.927. The zero-order valence-corrected chi connectivity index (χ0v) is 3.81. The Kier molecular flexibility index (Phi) is 1.13. The molecule has 0 bridgehead atoms. The van der Waals surface area contributed by atoms with Crippen molar-refractivity contribution in [3.05, 3.63) is 0 Å². The zero-order valence-electron chi connectivity index (χ0n) is 3.81. The minimum absolute atomic E-state index is 0.132. The smallest absolute Gasteiger partial charge is 0.304 e. The number of nitrogens with zero attached hydrogens (tertiary/aromatic N) is 5. The predicted octanol–water partition coefficient (Wildman–Crippen LogP) is -0.843. The van der Waals surface area contributed by atoms with Crippen LogP contribution >= 0.6 is 0 Å². The number of tetrazole rings is 1. The van der Waals surface area contributed by atoms with Gasteiger partial charge in [-0.15, -0.1) is 5.10 Å². The molecule has 0 saturated carbocycles. The highest BCUT2D eigenvalue weighted by atomic mass is 15.5. The predicted molar refractivity (Wildman–Crippen MR) is 22.9 cm³/mol. The van der Waals surface area contributed by atoms with Crippen LogP contribution in [0.25, 0.3) is 0 Å². The van der Waals surface area contributed by atoms with E-state index in [2.05, 4.69) is 36.8 Å². The number of nitrogens with one attached hydrogen (secondary N) is 1. The number of H-pyrrole nitrogens is 1. The van der Waals surface area contributed by atoms with Crippen LogP contribution in [0.3, 0.4) is 0 Å². The maximum absolute atomic E-state index is 4.66. The van der Waals surface area contributed by atoms with E-state index in [0.29, 0.717) is 0 Å². The second-order valence-corrected chi connectivity index (χ2v) is 0.927. The first kappa shape index (κ1) is 4.62. The van der Waals surface area contributed by atoms with E-state index < -0.39 is 0 Å².